The van der Waals surface area contributed by atoms with Gasteiger partial charge < -0.3 is 24.8 Å². The Morgan fingerprint density at radius 3 is 2.66 bits per heavy atom. The number of guanidine groups is 1. The van der Waals surface area contributed by atoms with Crippen LogP contribution in [0, 0.1) is 13.8 Å². The van der Waals surface area contributed by atoms with Gasteiger partial charge in [0.05, 0.1) is 5.69 Å². The molecule has 1 aromatic carbocycles. The maximum atomic E-state index is 5.69. The molecule has 0 bridgehead atoms. The monoisotopic (exact) mass is 441 g/mol. The number of nitrogens with one attached hydrogen (secondary N) is 2. The summed E-state index contributed by atoms with van der Waals surface area (Å²) in [4.78, 5) is 4.48. The molecule has 0 amide bonds. The van der Waals surface area contributed by atoms with E-state index in [1.165, 1.54) is 16.8 Å². The SMILES string of the molecule is CN=C(NCC1(c2ccc3c(c2)OCO3)CCOCC1)NC(C)Cc1c(C)nn(C)c1C. The fraction of sp³-hybridized carbons (Fsp3) is 0.583. The maximum absolute atomic E-state index is 5.69. The first-order valence-corrected chi connectivity index (χ1v) is 11.4. The Morgan fingerprint density at radius 2 is 1.97 bits per heavy atom. The third-order valence-electron chi connectivity index (χ3n) is 6.80. The Morgan fingerprint density at radius 1 is 1.22 bits per heavy atom. The molecule has 0 saturated carbocycles. The second-order valence-electron chi connectivity index (χ2n) is 8.91. The van der Waals surface area contributed by atoms with Crippen LogP contribution >= 0.6 is 0 Å². The van der Waals surface area contributed by atoms with Gasteiger partial charge in [0.2, 0.25) is 6.79 Å². The molecule has 0 spiro atoms. The van der Waals surface area contributed by atoms with Crippen molar-refractivity contribution in [1.29, 1.82) is 0 Å². The number of nitrogens with zero attached hydrogens (tertiary/aromatic N) is 3. The van der Waals surface area contributed by atoms with Crippen LogP contribution in [0.2, 0.25) is 0 Å². The molecule has 4 rings (SSSR count). The number of fused-ring (bicyclic) bond motifs is 1. The summed E-state index contributed by atoms with van der Waals surface area (Å²) in [6, 6.07) is 6.52. The molecule has 2 aromatic rings. The van der Waals surface area contributed by atoms with Gasteiger partial charge in [-0.1, -0.05) is 6.07 Å². The number of benzene rings is 1. The Hall–Kier alpha value is -2.74. The van der Waals surface area contributed by atoms with Crippen LogP contribution in [0.3, 0.4) is 0 Å². The number of rotatable bonds is 6. The van der Waals surface area contributed by atoms with Gasteiger partial charge in [0.1, 0.15) is 0 Å². The zero-order chi connectivity index (χ0) is 22.7. The largest absolute Gasteiger partial charge is 0.454 e. The average molecular weight is 442 g/mol. The van der Waals surface area contributed by atoms with Crippen molar-refractivity contribution in [2.24, 2.45) is 12.0 Å². The van der Waals surface area contributed by atoms with Gasteiger partial charge >= 0.3 is 0 Å². The highest BCUT2D eigenvalue weighted by molar-refractivity contribution is 5.80. The Balaban J connectivity index is 1.44. The quantitative estimate of drug-likeness (QED) is 0.530. The van der Waals surface area contributed by atoms with Gasteiger partial charge in [-0.3, -0.25) is 9.67 Å². The van der Waals surface area contributed by atoms with Crippen LogP contribution in [-0.4, -0.2) is 55.4 Å². The lowest BCUT2D eigenvalue weighted by atomic mass is 9.74. The highest BCUT2D eigenvalue weighted by Gasteiger charge is 2.36. The number of ether oxygens (including phenoxy) is 3. The zero-order valence-electron chi connectivity index (χ0n) is 19.8. The summed E-state index contributed by atoms with van der Waals surface area (Å²) in [7, 11) is 3.81. The highest BCUT2D eigenvalue weighted by Crippen LogP contribution is 2.40. The molecule has 8 nitrogen and oxygen atoms in total. The predicted octanol–water partition coefficient (Wildman–Crippen LogP) is 2.61. The van der Waals surface area contributed by atoms with E-state index in [1.54, 1.807) is 0 Å². The number of aliphatic imine (C=N–C) groups is 1. The molecule has 1 fully saturated rings. The highest BCUT2D eigenvalue weighted by atomic mass is 16.7. The second-order valence-corrected chi connectivity index (χ2v) is 8.91. The van der Waals surface area contributed by atoms with Crippen molar-refractivity contribution in [3.05, 3.63) is 40.7 Å². The van der Waals surface area contributed by atoms with Crippen molar-refractivity contribution in [3.8, 4) is 11.5 Å². The van der Waals surface area contributed by atoms with Crippen molar-refractivity contribution in [2.45, 2.75) is 51.5 Å². The molecule has 2 N–H and O–H groups in total. The van der Waals surface area contributed by atoms with E-state index in [-0.39, 0.29) is 18.2 Å². The smallest absolute Gasteiger partial charge is 0.231 e. The van der Waals surface area contributed by atoms with E-state index in [1.807, 2.05) is 24.8 Å². The summed E-state index contributed by atoms with van der Waals surface area (Å²) in [5.74, 6) is 2.45. The fourth-order valence-corrected chi connectivity index (χ4v) is 4.71. The van der Waals surface area contributed by atoms with Crippen LogP contribution in [0.1, 0.15) is 42.3 Å². The van der Waals surface area contributed by atoms with Gasteiger partial charge in [-0.15, -0.1) is 0 Å². The number of hydrogen-bond donors (Lipinski definition) is 2. The summed E-state index contributed by atoms with van der Waals surface area (Å²) in [6.45, 7) is 8.93. The summed E-state index contributed by atoms with van der Waals surface area (Å²) in [5, 5.41) is 11.7. The third-order valence-corrected chi connectivity index (χ3v) is 6.80. The van der Waals surface area contributed by atoms with Crippen molar-refractivity contribution in [3.63, 3.8) is 0 Å². The van der Waals surface area contributed by atoms with E-state index in [4.69, 9.17) is 14.2 Å². The molecule has 1 aromatic heterocycles. The maximum Gasteiger partial charge on any atom is 0.231 e. The van der Waals surface area contributed by atoms with E-state index in [0.717, 1.165) is 62.2 Å². The Kier molecular flexibility index (Phi) is 6.60. The molecule has 2 aliphatic rings. The summed E-state index contributed by atoms with van der Waals surface area (Å²) >= 11 is 0. The van der Waals surface area contributed by atoms with E-state index in [2.05, 4.69) is 53.6 Å². The minimum atomic E-state index is -0.0450. The molecule has 3 heterocycles. The molecule has 1 unspecified atom stereocenters. The molecule has 1 saturated heterocycles. The van der Waals surface area contributed by atoms with Crippen LogP contribution in [0.15, 0.2) is 23.2 Å². The first-order chi connectivity index (χ1) is 15.4. The molecule has 32 heavy (non-hydrogen) atoms. The molecule has 2 aliphatic heterocycles. The van der Waals surface area contributed by atoms with Crippen LogP contribution in [0.4, 0.5) is 0 Å². The predicted molar refractivity (Wildman–Crippen MR) is 125 cm³/mol. The number of hydrogen-bond acceptors (Lipinski definition) is 5. The van der Waals surface area contributed by atoms with Crippen molar-refractivity contribution < 1.29 is 14.2 Å². The average Bonchev–Trinajstić information content (AvgIpc) is 3.36. The Labute approximate surface area is 190 Å². The van der Waals surface area contributed by atoms with Gasteiger partial charge in [0.15, 0.2) is 17.5 Å². The first-order valence-electron chi connectivity index (χ1n) is 11.4. The topological polar surface area (TPSA) is 81.9 Å². The van der Waals surface area contributed by atoms with Gasteiger partial charge in [-0.05, 0) is 63.3 Å². The summed E-state index contributed by atoms with van der Waals surface area (Å²) in [5.41, 5.74) is 4.80. The van der Waals surface area contributed by atoms with E-state index >= 15 is 0 Å². The summed E-state index contributed by atoms with van der Waals surface area (Å²) in [6.07, 6.45) is 2.79. The first kappa shape index (κ1) is 22.5. The molecule has 0 radical (unpaired) electrons. The standard InChI is InChI=1S/C24H35N5O3/c1-16(12-20-17(2)28-29(5)18(20)3)27-23(25-4)26-14-24(8-10-30-11-9-24)19-6-7-21-22(13-19)32-15-31-21/h6-7,13,16H,8-12,14-15H2,1-5H3,(H2,25,26,27). The summed E-state index contributed by atoms with van der Waals surface area (Å²) < 4.78 is 18.8. The van der Waals surface area contributed by atoms with E-state index in [0.29, 0.717) is 0 Å². The van der Waals surface area contributed by atoms with Gasteiger partial charge in [-0.25, -0.2) is 0 Å². The molecular formula is C24H35N5O3. The lowest BCUT2D eigenvalue weighted by Gasteiger charge is -2.38. The molecule has 0 aliphatic carbocycles. The van der Waals surface area contributed by atoms with Crippen LogP contribution in [0.5, 0.6) is 11.5 Å². The normalized spacial score (nSPS) is 18.5. The van der Waals surface area contributed by atoms with Gasteiger partial charge in [-0.2, -0.15) is 5.10 Å². The molecule has 1 atom stereocenters. The lowest BCUT2D eigenvalue weighted by molar-refractivity contribution is 0.0513. The lowest BCUT2D eigenvalue weighted by Crippen LogP contribution is -2.50. The van der Waals surface area contributed by atoms with Crippen LogP contribution in [0.25, 0.3) is 0 Å². The van der Waals surface area contributed by atoms with Crippen LogP contribution in [-0.2, 0) is 23.6 Å². The Bertz CT molecular complexity index is 978. The number of aryl methyl sites for hydroxylation is 2. The van der Waals surface area contributed by atoms with Gasteiger partial charge in [0, 0.05) is 51.0 Å². The molecular weight excluding hydrogens is 406 g/mol. The van der Waals surface area contributed by atoms with E-state index < -0.39 is 0 Å². The van der Waals surface area contributed by atoms with Crippen molar-refractivity contribution >= 4 is 5.96 Å². The van der Waals surface area contributed by atoms with E-state index in [9.17, 15) is 0 Å². The molecule has 8 heteroatoms. The minimum absolute atomic E-state index is 0.0450. The molecule has 174 valence electrons. The van der Waals surface area contributed by atoms with Crippen molar-refractivity contribution in [1.82, 2.24) is 20.4 Å². The zero-order valence-corrected chi connectivity index (χ0v) is 19.8. The van der Waals surface area contributed by atoms with Gasteiger partial charge in [0.25, 0.3) is 0 Å². The number of aromatic nitrogens is 2. The fourth-order valence-electron chi connectivity index (χ4n) is 4.71. The van der Waals surface area contributed by atoms with Crippen LogP contribution < -0.4 is 20.1 Å². The van der Waals surface area contributed by atoms with Crippen molar-refractivity contribution in [2.75, 3.05) is 33.6 Å². The second kappa shape index (κ2) is 9.40. The minimum Gasteiger partial charge on any atom is -0.454 e. The third kappa shape index (κ3) is 4.55.